The van der Waals surface area contributed by atoms with Crippen LogP contribution < -0.4 is 10.0 Å². The van der Waals surface area contributed by atoms with E-state index in [-0.39, 0.29) is 22.9 Å². The highest BCUT2D eigenvalue weighted by Crippen LogP contribution is 2.29. The van der Waals surface area contributed by atoms with Gasteiger partial charge in [-0.15, -0.1) is 12.4 Å². The summed E-state index contributed by atoms with van der Waals surface area (Å²) in [7, 11) is -4.00. The van der Waals surface area contributed by atoms with Crippen molar-refractivity contribution in [2.75, 3.05) is 0 Å². The van der Waals surface area contributed by atoms with Gasteiger partial charge in [-0.25, -0.2) is 21.9 Å². The van der Waals surface area contributed by atoms with Crippen molar-refractivity contribution in [3.8, 4) is 0 Å². The zero-order valence-corrected chi connectivity index (χ0v) is 14.7. The van der Waals surface area contributed by atoms with E-state index in [4.69, 9.17) is 0 Å². The average Bonchev–Trinajstić information content (AvgIpc) is 2.72. The molecule has 22 heavy (non-hydrogen) atoms. The molecule has 2 atom stereocenters. The molecule has 0 aromatic heterocycles. The number of hydrogen-bond acceptors (Lipinski definition) is 3. The molecular formula is C13H16BrClF2N2O2S. The molecular weight excluding hydrogens is 402 g/mol. The quantitative estimate of drug-likeness (QED) is 0.744. The van der Waals surface area contributed by atoms with E-state index in [1.54, 1.807) is 0 Å². The van der Waals surface area contributed by atoms with E-state index in [1.165, 1.54) is 0 Å². The number of piperidine rings is 1. The summed E-state index contributed by atoms with van der Waals surface area (Å²) in [6, 6.07) is 1.97. The Morgan fingerprint density at radius 2 is 1.73 bits per heavy atom. The van der Waals surface area contributed by atoms with Gasteiger partial charge in [-0.05, 0) is 47.7 Å². The van der Waals surface area contributed by atoms with Crippen molar-refractivity contribution in [3.05, 3.63) is 28.2 Å². The van der Waals surface area contributed by atoms with Gasteiger partial charge in [-0.2, -0.15) is 0 Å². The number of benzene rings is 1. The second-order valence-electron chi connectivity index (χ2n) is 5.62. The molecule has 1 aromatic rings. The van der Waals surface area contributed by atoms with Crippen LogP contribution in [-0.2, 0) is 10.0 Å². The Balaban J connectivity index is 0.00000176. The highest BCUT2D eigenvalue weighted by Gasteiger charge is 2.36. The Bertz CT molecular complexity index is 662. The van der Waals surface area contributed by atoms with E-state index in [9.17, 15) is 17.2 Å². The molecule has 2 heterocycles. The standard InChI is InChI=1S/C13H15BrF2N2O2S.ClH/c14-10-5-13(12(16)6-11(10)15)21(19,20)18-9-3-7-1-2-8(4-9)17-7;/h5-9,17-18H,1-4H2;1H. The molecule has 0 aliphatic carbocycles. The molecule has 0 saturated carbocycles. The summed E-state index contributed by atoms with van der Waals surface area (Å²) < 4.78 is 54.0. The largest absolute Gasteiger partial charge is 0.311 e. The molecule has 4 nitrogen and oxygen atoms in total. The zero-order chi connectivity index (χ0) is 15.2. The smallest absolute Gasteiger partial charge is 0.243 e. The molecule has 3 rings (SSSR count). The number of hydrogen-bond donors (Lipinski definition) is 2. The van der Waals surface area contributed by atoms with Gasteiger partial charge >= 0.3 is 0 Å². The summed E-state index contributed by atoms with van der Waals surface area (Å²) in [6.07, 6.45) is 3.47. The van der Waals surface area contributed by atoms with Crippen molar-refractivity contribution in [2.45, 2.75) is 48.7 Å². The summed E-state index contributed by atoms with van der Waals surface area (Å²) in [5.41, 5.74) is 0. The molecule has 1 aromatic carbocycles. The van der Waals surface area contributed by atoms with Crippen molar-refractivity contribution in [1.82, 2.24) is 10.0 Å². The van der Waals surface area contributed by atoms with Crippen molar-refractivity contribution < 1.29 is 17.2 Å². The van der Waals surface area contributed by atoms with Crippen molar-refractivity contribution in [2.24, 2.45) is 0 Å². The third-order valence-electron chi connectivity index (χ3n) is 4.06. The van der Waals surface area contributed by atoms with Crippen LogP contribution in [-0.4, -0.2) is 26.5 Å². The van der Waals surface area contributed by atoms with Crippen LogP contribution in [0, 0.1) is 11.6 Å². The van der Waals surface area contributed by atoms with Crippen LogP contribution in [0.1, 0.15) is 25.7 Å². The van der Waals surface area contributed by atoms with Crippen LogP contribution in [0.4, 0.5) is 8.78 Å². The molecule has 2 aliphatic rings. The Morgan fingerprint density at radius 3 is 2.32 bits per heavy atom. The van der Waals surface area contributed by atoms with Crippen LogP contribution in [0.25, 0.3) is 0 Å². The third kappa shape index (κ3) is 3.62. The molecule has 2 saturated heterocycles. The second-order valence-corrected chi connectivity index (χ2v) is 8.16. The lowest BCUT2D eigenvalue weighted by Crippen LogP contribution is -2.48. The van der Waals surface area contributed by atoms with E-state index < -0.39 is 26.6 Å². The number of nitrogens with one attached hydrogen (secondary N) is 2. The van der Waals surface area contributed by atoms with Gasteiger partial charge in [0.25, 0.3) is 0 Å². The number of sulfonamides is 1. The lowest BCUT2D eigenvalue weighted by atomic mass is 10.0. The number of rotatable bonds is 3. The van der Waals surface area contributed by atoms with Gasteiger partial charge in [0.05, 0.1) is 4.47 Å². The van der Waals surface area contributed by atoms with Crippen LogP contribution in [0.3, 0.4) is 0 Å². The van der Waals surface area contributed by atoms with Crippen molar-refractivity contribution in [3.63, 3.8) is 0 Å². The Labute approximate surface area is 142 Å². The molecule has 2 bridgehead atoms. The summed E-state index contributed by atoms with van der Waals surface area (Å²) in [5, 5.41) is 3.41. The lowest BCUT2D eigenvalue weighted by Gasteiger charge is -2.29. The van der Waals surface area contributed by atoms with Crippen LogP contribution >= 0.6 is 28.3 Å². The summed E-state index contributed by atoms with van der Waals surface area (Å²) in [5.74, 6) is -1.91. The first kappa shape index (κ1) is 18.1. The van der Waals surface area contributed by atoms with Crippen molar-refractivity contribution in [1.29, 1.82) is 0 Å². The highest BCUT2D eigenvalue weighted by molar-refractivity contribution is 9.10. The van der Waals surface area contributed by atoms with Gasteiger partial charge in [0.2, 0.25) is 10.0 Å². The van der Waals surface area contributed by atoms with Crippen molar-refractivity contribution >= 4 is 38.4 Å². The zero-order valence-electron chi connectivity index (χ0n) is 11.5. The molecule has 124 valence electrons. The maximum absolute atomic E-state index is 13.8. The molecule has 2 unspecified atom stereocenters. The molecule has 2 N–H and O–H groups in total. The van der Waals surface area contributed by atoms with Gasteiger partial charge < -0.3 is 5.32 Å². The third-order valence-corrected chi connectivity index (χ3v) is 6.20. The van der Waals surface area contributed by atoms with Gasteiger partial charge in [0.15, 0.2) is 0 Å². The average molecular weight is 418 g/mol. The first-order chi connectivity index (χ1) is 9.85. The first-order valence-corrected chi connectivity index (χ1v) is 9.05. The minimum absolute atomic E-state index is 0. The predicted molar refractivity (Wildman–Crippen MR) is 84.6 cm³/mol. The van der Waals surface area contributed by atoms with Gasteiger partial charge in [-0.1, -0.05) is 0 Å². The number of fused-ring (bicyclic) bond motifs is 2. The molecule has 0 radical (unpaired) electrons. The van der Waals surface area contributed by atoms with Gasteiger partial charge in [-0.3, -0.25) is 0 Å². The fourth-order valence-corrected chi connectivity index (χ4v) is 4.99. The monoisotopic (exact) mass is 416 g/mol. The van der Waals surface area contributed by atoms with Gasteiger partial charge in [0, 0.05) is 24.2 Å². The minimum atomic E-state index is -4.00. The Morgan fingerprint density at radius 1 is 1.14 bits per heavy atom. The lowest BCUT2D eigenvalue weighted by molar-refractivity contribution is 0.345. The van der Waals surface area contributed by atoms with Crippen LogP contribution in [0.15, 0.2) is 21.5 Å². The molecule has 2 fully saturated rings. The summed E-state index contributed by atoms with van der Waals surface area (Å²) in [4.78, 5) is -0.526. The predicted octanol–water partition coefficient (Wildman–Crippen LogP) is 2.71. The highest BCUT2D eigenvalue weighted by atomic mass is 79.9. The van der Waals surface area contributed by atoms with E-state index in [0.717, 1.165) is 18.9 Å². The van der Waals surface area contributed by atoms with Crippen LogP contribution in [0.5, 0.6) is 0 Å². The molecule has 9 heteroatoms. The summed E-state index contributed by atoms with van der Waals surface area (Å²) >= 11 is 2.88. The van der Waals surface area contributed by atoms with Gasteiger partial charge in [0.1, 0.15) is 16.5 Å². The van der Waals surface area contributed by atoms with E-state index in [0.29, 0.717) is 31.0 Å². The second kappa shape index (κ2) is 6.68. The SMILES string of the molecule is Cl.O=S(=O)(NC1CC2CCC(C1)N2)c1cc(Br)c(F)cc1F. The van der Waals surface area contributed by atoms with E-state index in [2.05, 4.69) is 26.0 Å². The fraction of sp³-hybridized carbons (Fsp3) is 0.538. The minimum Gasteiger partial charge on any atom is -0.311 e. The molecule has 0 spiro atoms. The Hall–Kier alpha value is -0.280. The first-order valence-electron chi connectivity index (χ1n) is 6.78. The Kier molecular flexibility index (Phi) is 5.49. The molecule has 2 aliphatic heterocycles. The van der Waals surface area contributed by atoms with Crippen LogP contribution in [0.2, 0.25) is 0 Å². The topological polar surface area (TPSA) is 58.2 Å². The normalized spacial score (nSPS) is 27.5. The number of halogens is 4. The van der Waals surface area contributed by atoms with E-state index >= 15 is 0 Å². The summed E-state index contributed by atoms with van der Waals surface area (Å²) in [6.45, 7) is 0. The maximum atomic E-state index is 13.8. The molecule has 0 amide bonds. The maximum Gasteiger partial charge on any atom is 0.243 e. The fourth-order valence-electron chi connectivity index (χ4n) is 3.15. The van der Waals surface area contributed by atoms with E-state index in [1.807, 2.05) is 0 Å².